The monoisotopic (exact) mass is 172 g/mol. The Bertz CT molecular complexity index is 139. The number of hydrogen-bond acceptors (Lipinski definition) is 2. The van der Waals surface area contributed by atoms with E-state index in [1.165, 1.54) is 0 Å². The minimum atomic E-state index is 0.0784. The van der Waals surface area contributed by atoms with Gasteiger partial charge in [0, 0.05) is 5.41 Å². The Morgan fingerprint density at radius 1 is 1.33 bits per heavy atom. The molecule has 1 unspecified atom stereocenters. The lowest BCUT2D eigenvalue weighted by molar-refractivity contribution is -0.132. The maximum atomic E-state index is 10.0. The van der Waals surface area contributed by atoms with Crippen LogP contribution in [0.15, 0.2) is 0 Å². The van der Waals surface area contributed by atoms with Gasteiger partial charge in [0.25, 0.3) is 6.47 Å². The quantitative estimate of drug-likeness (QED) is 0.595. The maximum Gasteiger partial charge on any atom is 0.293 e. The van der Waals surface area contributed by atoms with Crippen molar-refractivity contribution in [3.05, 3.63) is 0 Å². The van der Waals surface area contributed by atoms with Crippen LogP contribution in [0.4, 0.5) is 0 Å². The summed E-state index contributed by atoms with van der Waals surface area (Å²) >= 11 is 0. The lowest BCUT2D eigenvalue weighted by Crippen LogP contribution is -2.30. The number of rotatable bonds is 5. The Morgan fingerprint density at radius 2 is 1.83 bits per heavy atom. The zero-order valence-electron chi connectivity index (χ0n) is 8.76. The second kappa shape index (κ2) is 4.48. The summed E-state index contributed by atoms with van der Waals surface area (Å²) in [6.45, 7) is 11.9. The first-order valence-electron chi connectivity index (χ1n) is 4.47. The van der Waals surface area contributed by atoms with Crippen LogP contribution in [0.3, 0.4) is 0 Å². The summed E-state index contributed by atoms with van der Waals surface area (Å²) in [5, 5.41) is 0. The molecule has 2 nitrogen and oxygen atoms in total. The molecule has 1 atom stereocenters. The van der Waals surface area contributed by atoms with Gasteiger partial charge in [0.1, 0.15) is 0 Å². The fraction of sp³-hybridized carbons (Fsp3) is 0.900. The van der Waals surface area contributed by atoms with Crippen LogP contribution in [0.1, 0.15) is 34.6 Å². The third-order valence-corrected chi connectivity index (χ3v) is 2.76. The van der Waals surface area contributed by atoms with E-state index in [9.17, 15) is 4.79 Å². The highest BCUT2D eigenvalue weighted by molar-refractivity contribution is 5.36. The Labute approximate surface area is 75.3 Å². The van der Waals surface area contributed by atoms with E-state index in [0.29, 0.717) is 24.9 Å². The van der Waals surface area contributed by atoms with Gasteiger partial charge in [0.2, 0.25) is 0 Å². The second-order valence-electron chi connectivity index (χ2n) is 4.43. The Kier molecular flexibility index (Phi) is 4.29. The third-order valence-electron chi connectivity index (χ3n) is 2.76. The first-order chi connectivity index (χ1) is 5.41. The van der Waals surface area contributed by atoms with Crippen LogP contribution in [0.5, 0.6) is 0 Å². The largest absolute Gasteiger partial charge is 0.467 e. The molecule has 0 aromatic rings. The molecule has 0 rings (SSSR count). The molecule has 0 aromatic carbocycles. The summed E-state index contributed by atoms with van der Waals surface area (Å²) in [5.74, 6) is 1.17. The molecule has 0 spiro atoms. The van der Waals surface area contributed by atoms with E-state index in [4.69, 9.17) is 4.74 Å². The Balaban J connectivity index is 4.07. The fourth-order valence-corrected chi connectivity index (χ4v) is 1.28. The standard InChI is InChI=1S/C10H20O2/c1-8(2)9(3)10(4,5)6-12-7-11/h7-9H,6H2,1-5H3. The highest BCUT2D eigenvalue weighted by Crippen LogP contribution is 2.32. The molecule has 2 heteroatoms. The lowest BCUT2D eigenvalue weighted by atomic mass is 9.75. The molecule has 0 fully saturated rings. The molecule has 12 heavy (non-hydrogen) atoms. The molecule has 0 aromatic heterocycles. The zero-order chi connectivity index (χ0) is 9.78. The van der Waals surface area contributed by atoms with Crippen molar-refractivity contribution in [3.63, 3.8) is 0 Å². The molecule has 72 valence electrons. The zero-order valence-corrected chi connectivity index (χ0v) is 8.76. The average Bonchev–Trinajstić information content (AvgIpc) is 1.99. The predicted octanol–water partition coefficient (Wildman–Crippen LogP) is 2.48. The molecule has 0 amide bonds. The molecule has 0 saturated carbocycles. The second-order valence-corrected chi connectivity index (χ2v) is 4.43. The summed E-state index contributed by atoms with van der Waals surface area (Å²) < 4.78 is 4.79. The van der Waals surface area contributed by atoms with E-state index in [0.717, 1.165) is 0 Å². The maximum absolute atomic E-state index is 10.0. The number of carbonyl (C=O) groups is 1. The van der Waals surface area contributed by atoms with E-state index >= 15 is 0 Å². The van der Waals surface area contributed by atoms with Crippen molar-refractivity contribution in [1.29, 1.82) is 0 Å². The SMILES string of the molecule is CC(C)C(C)C(C)(C)COC=O. The van der Waals surface area contributed by atoms with E-state index < -0.39 is 0 Å². The number of hydrogen-bond donors (Lipinski definition) is 0. The van der Waals surface area contributed by atoms with Crippen LogP contribution < -0.4 is 0 Å². The Hall–Kier alpha value is -0.530. The molecule has 0 N–H and O–H groups in total. The number of ether oxygens (including phenoxy) is 1. The summed E-state index contributed by atoms with van der Waals surface area (Å²) in [4.78, 5) is 10.0. The van der Waals surface area contributed by atoms with Crippen LogP contribution in [0.2, 0.25) is 0 Å². The van der Waals surface area contributed by atoms with Gasteiger partial charge < -0.3 is 4.74 Å². The molecule has 0 radical (unpaired) electrons. The normalized spacial score (nSPS) is 14.5. The van der Waals surface area contributed by atoms with Crippen LogP contribution in [-0.4, -0.2) is 13.1 Å². The third kappa shape index (κ3) is 3.24. The van der Waals surface area contributed by atoms with Crippen molar-refractivity contribution in [2.75, 3.05) is 6.61 Å². The van der Waals surface area contributed by atoms with Crippen LogP contribution in [-0.2, 0) is 9.53 Å². The molecular weight excluding hydrogens is 152 g/mol. The van der Waals surface area contributed by atoms with Crippen molar-refractivity contribution in [1.82, 2.24) is 0 Å². The van der Waals surface area contributed by atoms with Crippen molar-refractivity contribution < 1.29 is 9.53 Å². The highest BCUT2D eigenvalue weighted by Gasteiger charge is 2.28. The molecule has 0 aliphatic heterocycles. The summed E-state index contributed by atoms with van der Waals surface area (Å²) in [5.41, 5.74) is 0.0784. The summed E-state index contributed by atoms with van der Waals surface area (Å²) in [6.07, 6.45) is 0. The first kappa shape index (κ1) is 11.5. The van der Waals surface area contributed by atoms with E-state index in [1.54, 1.807) is 0 Å². The van der Waals surface area contributed by atoms with Gasteiger partial charge in [-0.2, -0.15) is 0 Å². The van der Waals surface area contributed by atoms with Crippen molar-refractivity contribution in [2.24, 2.45) is 17.3 Å². The molecular formula is C10H20O2. The first-order valence-corrected chi connectivity index (χ1v) is 4.47. The van der Waals surface area contributed by atoms with Gasteiger partial charge in [-0.3, -0.25) is 4.79 Å². The van der Waals surface area contributed by atoms with Crippen molar-refractivity contribution in [3.8, 4) is 0 Å². The highest BCUT2D eigenvalue weighted by atomic mass is 16.5. The molecule has 0 saturated heterocycles. The van der Waals surface area contributed by atoms with E-state index in [-0.39, 0.29) is 5.41 Å². The summed E-state index contributed by atoms with van der Waals surface area (Å²) in [7, 11) is 0. The Morgan fingerprint density at radius 3 is 2.17 bits per heavy atom. The predicted molar refractivity (Wildman–Crippen MR) is 49.8 cm³/mol. The van der Waals surface area contributed by atoms with Gasteiger partial charge in [-0.1, -0.05) is 34.6 Å². The molecule has 0 heterocycles. The average molecular weight is 172 g/mol. The number of carbonyl (C=O) groups excluding carboxylic acids is 1. The van der Waals surface area contributed by atoms with E-state index in [2.05, 4.69) is 34.6 Å². The molecule has 0 aliphatic rings. The molecule has 0 bridgehead atoms. The van der Waals surface area contributed by atoms with Gasteiger partial charge in [0.05, 0.1) is 6.61 Å². The van der Waals surface area contributed by atoms with Gasteiger partial charge in [-0.15, -0.1) is 0 Å². The van der Waals surface area contributed by atoms with Gasteiger partial charge in [-0.25, -0.2) is 0 Å². The van der Waals surface area contributed by atoms with Gasteiger partial charge in [0.15, 0.2) is 0 Å². The minimum Gasteiger partial charge on any atom is -0.467 e. The lowest BCUT2D eigenvalue weighted by Gasteiger charge is -2.33. The van der Waals surface area contributed by atoms with Gasteiger partial charge >= 0.3 is 0 Å². The topological polar surface area (TPSA) is 26.3 Å². The fourth-order valence-electron chi connectivity index (χ4n) is 1.28. The van der Waals surface area contributed by atoms with Crippen molar-refractivity contribution in [2.45, 2.75) is 34.6 Å². The molecule has 0 aliphatic carbocycles. The van der Waals surface area contributed by atoms with Crippen LogP contribution >= 0.6 is 0 Å². The summed E-state index contributed by atoms with van der Waals surface area (Å²) in [6, 6.07) is 0. The minimum absolute atomic E-state index is 0.0784. The smallest absolute Gasteiger partial charge is 0.293 e. The van der Waals surface area contributed by atoms with E-state index in [1.807, 2.05) is 0 Å². The van der Waals surface area contributed by atoms with Crippen LogP contribution in [0, 0.1) is 17.3 Å². The van der Waals surface area contributed by atoms with Crippen LogP contribution in [0.25, 0.3) is 0 Å². The van der Waals surface area contributed by atoms with Crippen molar-refractivity contribution >= 4 is 6.47 Å². The van der Waals surface area contributed by atoms with Gasteiger partial charge in [-0.05, 0) is 11.8 Å².